The Bertz CT molecular complexity index is 977. The van der Waals surface area contributed by atoms with Crippen molar-refractivity contribution < 1.29 is 9.32 Å². The van der Waals surface area contributed by atoms with Crippen molar-refractivity contribution in [2.75, 3.05) is 35.7 Å². The Labute approximate surface area is 190 Å². The third-order valence-electron chi connectivity index (χ3n) is 6.88. The molecule has 2 aromatic heterocycles. The second kappa shape index (κ2) is 8.64. The number of nitrogens with one attached hydrogen (secondary N) is 1. The van der Waals surface area contributed by atoms with Crippen molar-refractivity contribution in [3.8, 4) is 0 Å². The molecule has 5 rings (SSSR count). The van der Waals surface area contributed by atoms with Crippen molar-refractivity contribution in [3.05, 3.63) is 34.9 Å². The van der Waals surface area contributed by atoms with Crippen molar-refractivity contribution >= 4 is 34.0 Å². The first-order chi connectivity index (χ1) is 15.1. The lowest BCUT2D eigenvalue weighted by Crippen LogP contribution is -2.48. The zero-order valence-corrected chi connectivity index (χ0v) is 19.1. The van der Waals surface area contributed by atoms with E-state index < -0.39 is 10.8 Å². The van der Waals surface area contributed by atoms with E-state index >= 15 is 0 Å². The van der Waals surface area contributed by atoms with E-state index in [1.165, 1.54) is 0 Å². The summed E-state index contributed by atoms with van der Waals surface area (Å²) in [6.45, 7) is 1.87. The summed E-state index contributed by atoms with van der Waals surface area (Å²) in [7, 11) is -1.03. The van der Waals surface area contributed by atoms with Crippen LogP contribution in [0.5, 0.6) is 0 Å². The number of aryl methyl sites for hydroxylation is 1. The monoisotopic (exact) mass is 461 g/mol. The van der Waals surface area contributed by atoms with Gasteiger partial charge in [0.1, 0.15) is 17.5 Å². The number of aliphatic hydroxyl groups is 1. The minimum absolute atomic E-state index is 0.0762. The Balaban J connectivity index is 1.39. The Morgan fingerprint density at radius 2 is 2.03 bits per heavy atom. The summed E-state index contributed by atoms with van der Waals surface area (Å²) in [5, 5.41) is 14.0. The van der Waals surface area contributed by atoms with Crippen LogP contribution in [0.25, 0.3) is 0 Å². The molecule has 2 atom stereocenters. The Morgan fingerprint density at radius 3 is 2.74 bits per heavy atom. The normalized spacial score (nSPS) is 24.9. The molecule has 1 aliphatic carbocycles. The van der Waals surface area contributed by atoms with Crippen LogP contribution >= 0.6 is 11.6 Å². The number of pyridine rings is 1. The highest BCUT2D eigenvalue weighted by Crippen LogP contribution is 2.39. The van der Waals surface area contributed by atoms with Crippen molar-refractivity contribution in [1.82, 2.24) is 15.0 Å². The van der Waals surface area contributed by atoms with Gasteiger partial charge < -0.3 is 15.3 Å². The summed E-state index contributed by atoms with van der Waals surface area (Å²) in [6, 6.07) is 2.12. The van der Waals surface area contributed by atoms with Gasteiger partial charge in [-0.2, -0.15) is 0 Å². The van der Waals surface area contributed by atoms with Gasteiger partial charge in [0.05, 0.1) is 32.9 Å². The van der Waals surface area contributed by atoms with E-state index in [9.17, 15) is 9.32 Å². The van der Waals surface area contributed by atoms with E-state index in [0.29, 0.717) is 22.5 Å². The molecule has 2 unspecified atom stereocenters. The maximum absolute atomic E-state index is 12.7. The summed E-state index contributed by atoms with van der Waals surface area (Å²) in [6.07, 6.45) is 10.1. The Kier molecular flexibility index (Phi) is 5.88. The smallest absolute Gasteiger partial charge is 0.145 e. The lowest BCUT2D eigenvalue weighted by Gasteiger charge is -2.42. The zero-order chi connectivity index (χ0) is 21.4. The van der Waals surface area contributed by atoms with E-state index in [-0.39, 0.29) is 12.1 Å². The van der Waals surface area contributed by atoms with Crippen LogP contribution in [0.4, 0.5) is 11.6 Å². The molecular formula is C22H28ClN5O2S. The Hall–Kier alpha value is -1.77. The minimum atomic E-state index is -1.03. The van der Waals surface area contributed by atoms with Gasteiger partial charge in [0.15, 0.2) is 0 Å². The molecule has 1 saturated carbocycles. The van der Waals surface area contributed by atoms with Crippen LogP contribution in [0.3, 0.4) is 0 Å². The predicted octanol–water partition coefficient (Wildman–Crippen LogP) is 3.29. The van der Waals surface area contributed by atoms with E-state index in [2.05, 4.69) is 26.3 Å². The lowest BCUT2D eigenvalue weighted by molar-refractivity contribution is 0.143. The number of nitrogens with zero attached hydrogens (tertiary/aromatic N) is 4. The quantitative estimate of drug-likeness (QED) is 0.705. The molecule has 166 valence electrons. The topological polar surface area (TPSA) is 91.2 Å². The molecule has 2 N–H and O–H groups in total. The van der Waals surface area contributed by atoms with E-state index in [0.717, 1.165) is 80.1 Å². The molecular weight excluding hydrogens is 434 g/mol. The van der Waals surface area contributed by atoms with Crippen LogP contribution in [0, 0.1) is 0 Å². The van der Waals surface area contributed by atoms with Gasteiger partial charge in [0.2, 0.25) is 0 Å². The molecule has 2 fully saturated rings. The summed E-state index contributed by atoms with van der Waals surface area (Å²) in [4.78, 5) is 17.0. The fraction of sp³-hybridized carbons (Fsp3) is 0.591. The first kappa shape index (κ1) is 21.1. The van der Waals surface area contributed by atoms with Gasteiger partial charge in [-0.1, -0.05) is 11.6 Å². The minimum Gasteiger partial charge on any atom is -0.394 e. The van der Waals surface area contributed by atoms with E-state index in [4.69, 9.17) is 16.6 Å². The molecule has 4 heterocycles. The molecule has 0 aromatic carbocycles. The highest BCUT2D eigenvalue weighted by molar-refractivity contribution is 7.85. The molecule has 7 nitrogen and oxygen atoms in total. The van der Waals surface area contributed by atoms with Gasteiger partial charge in [0.25, 0.3) is 0 Å². The molecule has 9 heteroatoms. The summed E-state index contributed by atoms with van der Waals surface area (Å²) in [5.41, 5.74) is 0.808. The van der Waals surface area contributed by atoms with Gasteiger partial charge in [-0.3, -0.25) is 4.21 Å². The standard InChI is InChI=1S/C22H28ClN5O2S/c23-17-12-24-20(25-13-17)15-3-1-8-28(9-4-15)18-11-16-5-10-31(30)19(16)21(26-18)27-22(14-29)6-2-7-22/h11-13,15,29H,1-10,14H2,(H,26,27). The zero-order valence-electron chi connectivity index (χ0n) is 17.5. The van der Waals surface area contributed by atoms with Crippen LogP contribution in [-0.4, -0.2) is 55.3 Å². The van der Waals surface area contributed by atoms with Gasteiger partial charge in [-0.25, -0.2) is 15.0 Å². The number of fused-ring (bicyclic) bond motifs is 1. The van der Waals surface area contributed by atoms with Crippen LogP contribution in [-0.2, 0) is 17.2 Å². The largest absolute Gasteiger partial charge is 0.394 e. The summed E-state index contributed by atoms with van der Waals surface area (Å²) >= 11 is 5.94. The molecule has 31 heavy (non-hydrogen) atoms. The van der Waals surface area contributed by atoms with Gasteiger partial charge >= 0.3 is 0 Å². The van der Waals surface area contributed by atoms with Gasteiger partial charge in [-0.05, 0) is 56.6 Å². The van der Waals surface area contributed by atoms with Crippen LogP contribution in [0.15, 0.2) is 23.4 Å². The second-order valence-electron chi connectivity index (χ2n) is 8.91. The number of aliphatic hydroxyl groups excluding tert-OH is 1. The number of hydrogen-bond donors (Lipinski definition) is 2. The fourth-order valence-electron chi connectivity index (χ4n) is 4.86. The lowest BCUT2D eigenvalue weighted by atomic mass is 9.77. The van der Waals surface area contributed by atoms with Crippen molar-refractivity contribution in [1.29, 1.82) is 0 Å². The van der Waals surface area contributed by atoms with Gasteiger partial charge in [0, 0.05) is 37.2 Å². The van der Waals surface area contributed by atoms with E-state index in [1.807, 2.05) is 0 Å². The predicted molar refractivity (Wildman–Crippen MR) is 122 cm³/mol. The summed E-state index contributed by atoms with van der Waals surface area (Å²) < 4.78 is 12.7. The highest BCUT2D eigenvalue weighted by atomic mass is 35.5. The van der Waals surface area contributed by atoms with Crippen molar-refractivity contribution in [3.63, 3.8) is 0 Å². The average Bonchev–Trinajstić information content (AvgIpc) is 2.97. The van der Waals surface area contributed by atoms with E-state index in [1.54, 1.807) is 12.4 Å². The number of anilines is 2. The first-order valence-corrected chi connectivity index (χ1v) is 12.8. The number of aromatic nitrogens is 3. The number of rotatable bonds is 5. The molecule has 0 amide bonds. The highest BCUT2D eigenvalue weighted by Gasteiger charge is 2.38. The van der Waals surface area contributed by atoms with Crippen molar-refractivity contribution in [2.24, 2.45) is 0 Å². The maximum Gasteiger partial charge on any atom is 0.145 e. The molecule has 1 saturated heterocycles. The molecule has 3 aliphatic rings. The van der Waals surface area contributed by atoms with Crippen molar-refractivity contribution in [2.45, 2.75) is 61.3 Å². The first-order valence-electron chi connectivity index (χ1n) is 11.1. The molecule has 0 radical (unpaired) electrons. The molecule has 0 bridgehead atoms. The maximum atomic E-state index is 12.7. The van der Waals surface area contributed by atoms with Crippen LogP contribution in [0.1, 0.15) is 55.8 Å². The molecule has 0 spiro atoms. The average molecular weight is 462 g/mol. The fourth-order valence-corrected chi connectivity index (χ4v) is 6.33. The third-order valence-corrected chi connectivity index (χ3v) is 8.56. The summed E-state index contributed by atoms with van der Waals surface area (Å²) in [5.74, 6) is 3.47. The molecule has 2 aliphatic heterocycles. The van der Waals surface area contributed by atoms with Gasteiger partial charge in [-0.15, -0.1) is 0 Å². The van der Waals surface area contributed by atoms with Crippen LogP contribution < -0.4 is 10.2 Å². The third kappa shape index (κ3) is 4.17. The van der Waals surface area contributed by atoms with Crippen LogP contribution in [0.2, 0.25) is 5.02 Å². The molecule has 2 aromatic rings. The number of hydrogen-bond acceptors (Lipinski definition) is 7. The second-order valence-corrected chi connectivity index (χ2v) is 10.9. The SMILES string of the molecule is O=S1CCc2cc(N3CCCC(c4ncc(Cl)cn4)CC3)nc(NC3(CO)CCC3)c21. The number of halogens is 1. The Morgan fingerprint density at radius 1 is 1.23 bits per heavy atom.